The van der Waals surface area contributed by atoms with Gasteiger partial charge in [-0.05, 0) is 49.6 Å². The van der Waals surface area contributed by atoms with E-state index in [0.717, 1.165) is 5.56 Å². The largest absolute Gasteiger partial charge is 0.349 e. The SMILES string of the molecule is CC(C)Cn1c(S[C@H](C)C(=O)N[C@H](C)c2ccc(F)cc2)nc2ccccc2c1=O. The molecule has 0 unspecified atom stereocenters. The first-order chi connectivity index (χ1) is 14.3. The highest BCUT2D eigenvalue weighted by Gasteiger charge is 2.21. The van der Waals surface area contributed by atoms with E-state index in [9.17, 15) is 14.0 Å². The zero-order valence-electron chi connectivity index (χ0n) is 17.6. The van der Waals surface area contributed by atoms with Crippen LogP contribution < -0.4 is 10.9 Å². The minimum atomic E-state index is -0.459. The Morgan fingerprint density at radius 3 is 2.43 bits per heavy atom. The van der Waals surface area contributed by atoms with Crippen LogP contribution in [0.3, 0.4) is 0 Å². The fourth-order valence-electron chi connectivity index (χ4n) is 3.14. The maximum atomic E-state index is 13.1. The van der Waals surface area contributed by atoms with Crippen LogP contribution in [-0.2, 0) is 11.3 Å². The van der Waals surface area contributed by atoms with Crippen LogP contribution in [0.4, 0.5) is 4.39 Å². The van der Waals surface area contributed by atoms with Crippen molar-refractivity contribution in [2.45, 2.75) is 50.7 Å². The number of rotatable bonds is 7. The Kier molecular flexibility index (Phi) is 6.92. The molecular formula is C23H26FN3O2S. The van der Waals surface area contributed by atoms with Gasteiger partial charge < -0.3 is 5.32 Å². The maximum Gasteiger partial charge on any atom is 0.262 e. The number of carbonyl (C=O) groups is 1. The summed E-state index contributed by atoms with van der Waals surface area (Å²) in [5.74, 6) is -0.227. The van der Waals surface area contributed by atoms with Gasteiger partial charge in [0.15, 0.2) is 5.16 Å². The van der Waals surface area contributed by atoms with Crippen LogP contribution in [0.25, 0.3) is 10.9 Å². The van der Waals surface area contributed by atoms with Crippen LogP contribution in [0, 0.1) is 11.7 Å². The summed E-state index contributed by atoms with van der Waals surface area (Å²) in [6, 6.07) is 13.1. The molecule has 0 aliphatic carbocycles. The Bertz CT molecular complexity index is 1100. The summed E-state index contributed by atoms with van der Waals surface area (Å²) in [6.07, 6.45) is 0. The monoisotopic (exact) mass is 427 g/mol. The van der Waals surface area contributed by atoms with Gasteiger partial charge in [0, 0.05) is 6.54 Å². The predicted molar refractivity (Wildman–Crippen MR) is 119 cm³/mol. The summed E-state index contributed by atoms with van der Waals surface area (Å²) in [4.78, 5) is 30.4. The van der Waals surface area contributed by atoms with E-state index >= 15 is 0 Å². The van der Waals surface area contributed by atoms with E-state index in [-0.39, 0.29) is 29.2 Å². The number of halogens is 1. The van der Waals surface area contributed by atoms with Gasteiger partial charge in [0.1, 0.15) is 5.82 Å². The first kappa shape index (κ1) is 22.0. The molecule has 0 spiro atoms. The molecular weight excluding hydrogens is 401 g/mol. The van der Waals surface area contributed by atoms with E-state index in [1.807, 2.05) is 39.0 Å². The number of benzene rings is 2. The number of para-hydroxylation sites is 1. The fourth-order valence-corrected chi connectivity index (χ4v) is 4.07. The highest BCUT2D eigenvalue weighted by molar-refractivity contribution is 8.00. The standard InChI is InChI=1S/C23H26FN3O2S/c1-14(2)13-27-22(29)19-7-5-6-8-20(19)26-23(27)30-16(4)21(28)25-15(3)17-9-11-18(24)12-10-17/h5-12,14-16H,13H2,1-4H3,(H,25,28)/t15-,16-/m1/s1. The van der Waals surface area contributed by atoms with E-state index in [4.69, 9.17) is 0 Å². The van der Waals surface area contributed by atoms with Crippen molar-refractivity contribution in [1.29, 1.82) is 0 Å². The van der Waals surface area contributed by atoms with Gasteiger partial charge in [-0.2, -0.15) is 0 Å². The molecule has 7 heteroatoms. The van der Waals surface area contributed by atoms with Gasteiger partial charge in [0.2, 0.25) is 5.91 Å². The molecule has 0 aliphatic heterocycles. The zero-order chi connectivity index (χ0) is 21.8. The number of fused-ring (bicyclic) bond motifs is 1. The lowest BCUT2D eigenvalue weighted by molar-refractivity contribution is -0.120. The van der Waals surface area contributed by atoms with Crippen LogP contribution in [0.15, 0.2) is 58.5 Å². The fraction of sp³-hybridized carbons (Fsp3) is 0.348. The molecule has 3 aromatic rings. The Morgan fingerprint density at radius 2 is 1.77 bits per heavy atom. The molecule has 3 rings (SSSR count). The van der Waals surface area contributed by atoms with Gasteiger partial charge in [0.05, 0.1) is 22.2 Å². The molecule has 1 N–H and O–H groups in total. The van der Waals surface area contributed by atoms with Crippen LogP contribution in [0.1, 0.15) is 39.3 Å². The van der Waals surface area contributed by atoms with Crippen molar-refractivity contribution in [1.82, 2.24) is 14.9 Å². The Labute approximate surface area is 179 Å². The number of aromatic nitrogens is 2. The van der Waals surface area contributed by atoms with Gasteiger partial charge in [-0.3, -0.25) is 14.2 Å². The Balaban J connectivity index is 1.82. The molecule has 2 atom stereocenters. The normalized spacial score (nSPS) is 13.4. The summed E-state index contributed by atoms with van der Waals surface area (Å²) >= 11 is 1.27. The maximum absolute atomic E-state index is 13.1. The van der Waals surface area contributed by atoms with Crippen LogP contribution in [0.5, 0.6) is 0 Å². The third-order valence-corrected chi connectivity index (χ3v) is 5.84. The minimum absolute atomic E-state index is 0.0934. The van der Waals surface area contributed by atoms with Gasteiger partial charge in [-0.25, -0.2) is 9.37 Å². The quantitative estimate of drug-likeness (QED) is 0.444. The minimum Gasteiger partial charge on any atom is -0.349 e. The first-order valence-corrected chi connectivity index (χ1v) is 10.9. The van der Waals surface area contributed by atoms with Gasteiger partial charge >= 0.3 is 0 Å². The van der Waals surface area contributed by atoms with Crippen molar-refractivity contribution in [3.05, 3.63) is 70.3 Å². The molecule has 0 fully saturated rings. The summed E-state index contributed by atoms with van der Waals surface area (Å²) in [7, 11) is 0. The molecule has 1 amide bonds. The summed E-state index contributed by atoms with van der Waals surface area (Å²) in [5.41, 5.74) is 1.35. The smallest absolute Gasteiger partial charge is 0.262 e. The predicted octanol–water partition coefficient (Wildman–Crippen LogP) is 4.55. The van der Waals surface area contributed by atoms with Crippen molar-refractivity contribution in [3.8, 4) is 0 Å². The van der Waals surface area contributed by atoms with Crippen LogP contribution in [0.2, 0.25) is 0 Å². The van der Waals surface area contributed by atoms with Crippen molar-refractivity contribution < 1.29 is 9.18 Å². The van der Waals surface area contributed by atoms with Crippen LogP contribution >= 0.6 is 11.8 Å². The van der Waals surface area contributed by atoms with Crippen molar-refractivity contribution in [3.63, 3.8) is 0 Å². The molecule has 158 valence electrons. The van der Waals surface area contributed by atoms with Crippen molar-refractivity contribution in [2.24, 2.45) is 5.92 Å². The van der Waals surface area contributed by atoms with Gasteiger partial charge in [0.25, 0.3) is 5.56 Å². The Morgan fingerprint density at radius 1 is 1.10 bits per heavy atom. The third-order valence-electron chi connectivity index (χ3n) is 4.75. The van der Waals surface area contributed by atoms with E-state index in [0.29, 0.717) is 22.6 Å². The number of nitrogens with zero attached hydrogens (tertiary/aromatic N) is 2. The lowest BCUT2D eigenvalue weighted by Crippen LogP contribution is -2.34. The molecule has 30 heavy (non-hydrogen) atoms. The molecule has 1 aromatic heterocycles. The number of amides is 1. The number of nitrogens with one attached hydrogen (secondary N) is 1. The summed E-state index contributed by atoms with van der Waals surface area (Å²) in [6.45, 7) is 8.25. The summed E-state index contributed by atoms with van der Waals surface area (Å²) < 4.78 is 14.8. The average molecular weight is 428 g/mol. The second kappa shape index (κ2) is 9.43. The van der Waals surface area contributed by atoms with E-state index in [2.05, 4.69) is 10.3 Å². The lowest BCUT2D eigenvalue weighted by Gasteiger charge is -2.20. The molecule has 0 saturated carbocycles. The Hall–Kier alpha value is -2.67. The van der Waals surface area contributed by atoms with Gasteiger partial charge in [-0.1, -0.05) is 49.9 Å². The molecule has 0 bridgehead atoms. The number of hydrogen-bond acceptors (Lipinski definition) is 4. The number of carbonyl (C=O) groups excluding carboxylic acids is 1. The molecule has 0 saturated heterocycles. The highest BCUT2D eigenvalue weighted by Crippen LogP contribution is 2.24. The third kappa shape index (κ3) is 5.08. The second-order valence-electron chi connectivity index (χ2n) is 7.76. The number of hydrogen-bond donors (Lipinski definition) is 1. The molecule has 2 aromatic carbocycles. The van der Waals surface area contributed by atoms with Crippen LogP contribution in [-0.4, -0.2) is 20.7 Å². The van der Waals surface area contributed by atoms with E-state index in [1.54, 1.807) is 29.7 Å². The first-order valence-electron chi connectivity index (χ1n) is 9.98. The average Bonchev–Trinajstić information content (AvgIpc) is 2.71. The second-order valence-corrected chi connectivity index (χ2v) is 9.07. The highest BCUT2D eigenvalue weighted by atomic mass is 32.2. The molecule has 5 nitrogen and oxygen atoms in total. The van der Waals surface area contributed by atoms with E-state index in [1.165, 1.54) is 23.9 Å². The topological polar surface area (TPSA) is 64.0 Å². The number of thioether (sulfide) groups is 1. The molecule has 1 heterocycles. The van der Waals surface area contributed by atoms with Gasteiger partial charge in [-0.15, -0.1) is 0 Å². The van der Waals surface area contributed by atoms with E-state index < -0.39 is 5.25 Å². The van der Waals surface area contributed by atoms with Crippen molar-refractivity contribution >= 4 is 28.6 Å². The van der Waals surface area contributed by atoms with Crippen molar-refractivity contribution in [2.75, 3.05) is 0 Å². The molecule has 0 radical (unpaired) electrons. The summed E-state index contributed by atoms with van der Waals surface area (Å²) in [5, 5.41) is 3.60. The zero-order valence-corrected chi connectivity index (χ0v) is 18.4. The lowest BCUT2D eigenvalue weighted by atomic mass is 10.1. The molecule has 0 aliphatic rings.